The molecule has 0 atom stereocenters. The molecule has 0 aliphatic heterocycles. The van der Waals surface area contributed by atoms with E-state index in [1.54, 1.807) is 28.9 Å². The number of hydrogen-bond donors (Lipinski definition) is 1. The van der Waals surface area contributed by atoms with Crippen LogP contribution in [-0.4, -0.2) is 21.6 Å². The van der Waals surface area contributed by atoms with Crippen LogP contribution in [0, 0.1) is 0 Å². The minimum absolute atomic E-state index is 0.143. The Kier molecular flexibility index (Phi) is 4.14. The summed E-state index contributed by atoms with van der Waals surface area (Å²) in [6.45, 7) is 2.51. The van der Waals surface area contributed by atoms with E-state index >= 15 is 0 Å². The minimum atomic E-state index is -0.143. The third-order valence-corrected chi connectivity index (χ3v) is 3.30. The number of para-hydroxylation sites is 1. The van der Waals surface area contributed by atoms with Crippen LogP contribution in [0.5, 0.6) is 0 Å². The second-order valence-electron chi connectivity index (χ2n) is 4.28. The van der Waals surface area contributed by atoms with E-state index in [4.69, 9.17) is 18.0 Å². The maximum Gasteiger partial charge on any atom is 0.293 e. The lowest BCUT2D eigenvalue weighted by molar-refractivity contribution is 0.716. The zero-order chi connectivity index (χ0) is 14.7. The Morgan fingerprint density at radius 3 is 2.80 bits per heavy atom. The Morgan fingerprint density at radius 2 is 2.15 bits per heavy atom. The first-order valence-electron chi connectivity index (χ1n) is 6.24. The molecule has 0 saturated heterocycles. The number of nitrogens with zero attached hydrogens (tertiary/aromatic N) is 3. The molecule has 0 bridgehead atoms. The summed E-state index contributed by atoms with van der Waals surface area (Å²) in [7, 11) is 1.78. The van der Waals surface area contributed by atoms with E-state index in [2.05, 4.69) is 4.98 Å². The molecule has 0 radical (unpaired) electrons. The van der Waals surface area contributed by atoms with Gasteiger partial charge in [-0.3, -0.25) is 4.79 Å². The Labute approximate surface area is 122 Å². The molecule has 104 valence electrons. The fourth-order valence-corrected chi connectivity index (χ4v) is 2.18. The van der Waals surface area contributed by atoms with Gasteiger partial charge < -0.3 is 15.2 Å². The fourth-order valence-electron chi connectivity index (χ4n) is 2.00. The van der Waals surface area contributed by atoms with Crippen molar-refractivity contribution in [2.45, 2.75) is 13.5 Å². The molecular weight excluding hydrogens is 272 g/mol. The number of aromatic nitrogens is 2. The molecule has 2 rings (SSSR count). The van der Waals surface area contributed by atoms with Gasteiger partial charge in [0.05, 0.1) is 5.69 Å². The van der Waals surface area contributed by atoms with Gasteiger partial charge in [0, 0.05) is 31.5 Å². The average Bonchev–Trinajstić information content (AvgIpc) is 2.46. The molecule has 1 heterocycles. The van der Waals surface area contributed by atoms with Crippen LogP contribution in [0.2, 0.25) is 0 Å². The van der Waals surface area contributed by atoms with E-state index in [0.29, 0.717) is 17.4 Å². The van der Waals surface area contributed by atoms with Gasteiger partial charge in [-0.1, -0.05) is 24.4 Å². The van der Waals surface area contributed by atoms with Crippen molar-refractivity contribution in [1.29, 1.82) is 0 Å². The monoisotopic (exact) mass is 288 g/mol. The van der Waals surface area contributed by atoms with Crippen LogP contribution in [0.1, 0.15) is 12.5 Å². The van der Waals surface area contributed by atoms with Gasteiger partial charge in [-0.2, -0.15) is 0 Å². The van der Waals surface area contributed by atoms with Gasteiger partial charge in [0.2, 0.25) is 0 Å². The third-order valence-electron chi connectivity index (χ3n) is 3.08. The maximum absolute atomic E-state index is 12.3. The lowest BCUT2D eigenvalue weighted by Gasteiger charge is -2.21. The average molecular weight is 288 g/mol. The first kappa shape index (κ1) is 14.2. The van der Waals surface area contributed by atoms with Crippen LogP contribution in [0.15, 0.2) is 41.5 Å². The number of rotatable bonds is 4. The summed E-state index contributed by atoms with van der Waals surface area (Å²) >= 11 is 5.05. The van der Waals surface area contributed by atoms with Gasteiger partial charge in [0.25, 0.3) is 5.56 Å². The van der Waals surface area contributed by atoms with Crippen molar-refractivity contribution in [3.05, 3.63) is 52.6 Å². The Balaban J connectivity index is 2.55. The summed E-state index contributed by atoms with van der Waals surface area (Å²) in [5.41, 5.74) is 7.07. The molecule has 6 heteroatoms. The van der Waals surface area contributed by atoms with Crippen LogP contribution in [0.4, 0.5) is 11.5 Å². The highest BCUT2D eigenvalue weighted by atomic mass is 32.1. The van der Waals surface area contributed by atoms with Crippen LogP contribution >= 0.6 is 12.2 Å². The highest BCUT2D eigenvalue weighted by molar-refractivity contribution is 7.80. The topological polar surface area (TPSA) is 64.2 Å². The van der Waals surface area contributed by atoms with Crippen LogP contribution in [0.3, 0.4) is 0 Å². The quantitative estimate of drug-likeness (QED) is 0.867. The predicted octanol–water partition coefficient (Wildman–Crippen LogP) is 1.67. The van der Waals surface area contributed by atoms with Crippen molar-refractivity contribution in [2.24, 2.45) is 5.73 Å². The number of hydrogen-bond acceptors (Lipinski definition) is 4. The van der Waals surface area contributed by atoms with Crippen molar-refractivity contribution in [3.63, 3.8) is 0 Å². The second-order valence-corrected chi connectivity index (χ2v) is 4.72. The Bertz CT molecular complexity index is 696. The van der Waals surface area contributed by atoms with E-state index in [0.717, 1.165) is 11.3 Å². The fraction of sp³-hybridized carbons (Fsp3) is 0.214. The first-order valence-corrected chi connectivity index (χ1v) is 6.65. The van der Waals surface area contributed by atoms with Gasteiger partial charge in [-0.25, -0.2) is 4.98 Å². The maximum atomic E-state index is 12.3. The van der Waals surface area contributed by atoms with E-state index in [9.17, 15) is 4.79 Å². The lowest BCUT2D eigenvalue weighted by atomic mass is 10.1. The van der Waals surface area contributed by atoms with Crippen molar-refractivity contribution >= 4 is 28.7 Å². The molecule has 2 aromatic rings. The number of nitrogens with two attached hydrogens (primary N) is 1. The molecular formula is C14H16N4OS. The summed E-state index contributed by atoms with van der Waals surface area (Å²) in [5.74, 6) is 0.345. The van der Waals surface area contributed by atoms with Crippen molar-refractivity contribution in [2.75, 3.05) is 11.9 Å². The van der Waals surface area contributed by atoms with Gasteiger partial charge in [0.15, 0.2) is 5.82 Å². The molecule has 1 aromatic heterocycles. The van der Waals surface area contributed by atoms with E-state index in [-0.39, 0.29) is 5.56 Å². The smallest absolute Gasteiger partial charge is 0.293 e. The standard InChI is InChI=1S/C14H16N4OS/c1-3-18-9-8-16-13(14(18)19)17(2)11-7-5-4-6-10(11)12(15)20/h4-9H,3H2,1-2H3,(H2,15,20). The molecule has 5 nitrogen and oxygen atoms in total. The van der Waals surface area contributed by atoms with E-state index < -0.39 is 0 Å². The van der Waals surface area contributed by atoms with Crippen LogP contribution in [-0.2, 0) is 6.54 Å². The Hall–Kier alpha value is -2.21. The highest BCUT2D eigenvalue weighted by Gasteiger charge is 2.15. The zero-order valence-corrected chi connectivity index (χ0v) is 12.2. The predicted molar refractivity (Wildman–Crippen MR) is 84.6 cm³/mol. The second kappa shape index (κ2) is 5.83. The largest absolute Gasteiger partial charge is 0.389 e. The molecule has 0 spiro atoms. The van der Waals surface area contributed by atoms with Gasteiger partial charge in [0.1, 0.15) is 4.99 Å². The summed E-state index contributed by atoms with van der Waals surface area (Å²) in [6.07, 6.45) is 3.28. The first-order chi connectivity index (χ1) is 9.56. The number of anilines is 2. The third kappa shape index (κ3) is 2.55. The minimum Gasteiger partial charge on any atom is -0.389 e. The number of thiocarbonyl (C=S) groups is 1. The van der Waals surface area contributed by atoms with Gasteiger partial charge in [-0.15, -0.1) is 0 Å². The van der Waals surface area contributed by atoms with Crippen LogP contribution < -0.4 is 16.2 Å². The lowest BCUT2D eigenvalue weighted by Crippen LogP contribution is -2.28. The van der Waals surface area contributed by atoms with Crippen molar-refractivity contribution in [3.8, 4) is 0 Å². The summed E-state index contributed by atoms with van der Waals surface area (Å²) in [6, 6.07) is 7.41. The SMILES string of the molecule is CCn1ccnc(N(C)c2ccccc2C(N)=S)c1=O. The normalized spacial score (nSPS) is 10.3. The zero-order valence-electron chi connectivity index (χ0n) is 11.4. The van der Waals surface area contributed by atoms with Gasteiger partial charge in [-0.05, 0) is 19.1 Å². The Morgan fingerprint density at radius 1 is 1.45 bits per heavy atom. The van der Waals surface area contributed by atoms with Crippen molar-refractivity contribution in [1.82, 2.24) is 9.55 Å². The van der Waals surface area contributed by atoms with Crippen LogP contribution in [0.25, 0.3) is 0 Å². The molecule has 0 saturated carbocycles. The van der Waals surface area contributed by atoms with Crippen molar-refractivity contribution < 1.29 is 0 Å². The molecule has 0 aliphatic carbocycles. The number of aryl methyl sites for hydroxylation is 1. The molecule has 20 heavy (non-hydrogen) atoms. The molecule has 0 amide bonds. The molecule has 0 unspecified atom stereocenters. The molecule has 0 fully saturated rings. The molecule has 0 aliphatic rings. The summed E-state index contributed by atoms with van der Waals surface area (Å²) < 4.78 is 1.60. The van der Waals surface area contributed by atoms with Gasteiger partial charge >= 0.3 is 0 Å². The highest BCUT2D eigenvalue weighted by Crippen LogP contribution is 2.23. The summed E-state index contributed by atoms with van der Waals surface area (Å²) in [4.78, 5) is 18.5. The van der Waals surface area contributed by atoms with E-state index in [1.807, 2.05) is 31.2 Å². The molecule has 2 N–H and O–H groups in total. The molecule has 1 aromatic carbocycles. The van der Waals surface area contributed by atoms with E-state index in [1.165, 1.54) is 0 Å². The number of benzene rings is 1. The summed E-state index contributed by atoms with van der Waals surface area (Å²) in [5, 5.41) is 0.